The molecule has 2 aromatic carbocycles. The highest BCUT2D eigenvalue weighted by molar-refractivity contribution is 7.92. The molecule has 0 aliphatic carbocycles. The Balaban J connectivity index is 1.79. The van der Waals surface area contributed by atoms with Crippen LogP contribution in [0.3, 0.4) is 0 Å². The number of rotatable bonds is 6. The molecule has 3 rings (SSSR count). The number of primary amides is 1. The Bertz CT molecular complexity index is 1220. The van der Waals surface area contributed by atoms with Gasteiger partial charge in [0.05, 0.1) is 17.4 Å². The summed E-state index contributed by atoms with van der Waals surface area (Å²) >= 11 is 5.85. The molecule has 3 N–H and O–H groups in total. The Morgan fingerprint density at radius 3 is 2.62 bits per heavy atom. The molecule has 0 aliphatic heterocycles. The number of aromatic nitrogens is 1. The van der Waals surface area contributed by atoms with Crippen molar-refractivity contribution >= 4 is 33.2 Å². The van der Waals surface area contributed by atoms with Crippen LogP contribution < -0.4 is 15.2 Å². The summed E-state index contributed by atoms with van der Waals surface area (Å²) in [6.07, 6.45) is 1.25. The van der Waals surface area contributed by atoms with Crippen LogP contribution in [0, 0.1) is 11.3 Å². The molecule has 0 bridgehead atoms. The molecule has 0 unspecified atom stereocenters. The van der Waals surface area contributed by atoms with Gasteiger partial charge in [0.15, 0.2) is 0 Å². The van der Waals surface area contributed by atoms with Gasteiger partial charge in [0, 0.05) is 16.7 Å². The lowest BCUT2D eigenvalue weighted by Crippen LogP contribution is -2.14. The van der Waals surface area contributed by atoms with Gasteiger partial charge in [0.2, 0.25) is 11.8 Å². The number of nitrogens with zero attached hydrogens (tertiary/aromatic N) is 2. The quantitative estimate of drug-likeness (QED) is 0.618. The molecule has 3 aromatic rings. The van der Waals surface area contributed by atoms with E-state index in [2.05, 4.69) is 9.71 Å². The van der Waals surface area contributed by atoms with Gasteiger partial charge in [0.25, 0.3) is 10.0 Å². The van der Waals surface area contributed by atoms with Crippen LogP contribution >= 0.6 is 11.6 Å². The lowest BCUT2D eigenvalue weighted by Gasteiger charge is -2.10. The largest absolute Gasteiger partial charge is 0.439 e. The second-order valence-electron chi connectivity index (χ2n) is 5.74. The normalized spacial score (nSPS) is 10.8. The molecule has 0 atom stereocenters. The zero-order chi connectivity index (χ0) is 21.0. The van der Waals surface area contributed by atoms with Crippen molar-refractivity contribution < 1.29 is 17.9 Å². The van der Waals surface area contributed by atoms with Crippen LogP contribution in [0.2, 0.25) is 5.02 Å². The van der Waals surface area contributed by atoms with Crippen molar-refractivity contribution in [2.75, 3.05) is 4.72 Å². The smallest absolute Gasteiger partial charge is 0.263 e. The van der Waals surface area contributed by atoms with E-state index < -0.39 is 15.9 Å². The van der Waals surface area contributed by atoms with Gasteiger partial charge >= 0.3 is 0 Å². The van der Waals surface area contributed by atoms with E-state index in [4.69, 9.17) is 27.3 Å². The average Bonchev–Trinajstić information content (AvgIpc) is 2.69. The molecule has 0 fully saturated rings. The van der Waals surface area contributed by atoms with Crippen molar-refractivity contribution in [1.82, 2.24) is 4.98 Å². The number of pyridine rings is 1. The Labute approximate surface area is 171 Å². The Kier molecular flexibility index (Phi) is 5.68. The number of nitrogens with two attached hydrogens (primary N) is 1. The Morgan fingerprint density at radius 1 is 1.17 bits per heavy atom. The van der Waals surface area contributed by atoms with E-state index in [0.717, 1.165) is 0 Å². The highest BCUT2D eigenvalue weighted by Crippen LogP contribution is 2.25. The first-order chi connectivity index (χ1) is 13.8. The summed E-state index contributed by atoms with van der Waals surface area (Å²) in [7, 11) is -4.05. The van der Waals surface area contributed by atoms with E-state index in [1.54, 1.807) is 18.2 Å². The van der Waals surface area contributed by atoms with Crippen LogP contribution in [0.5, 0.6) is 11.6 Å². The van der Waals surface area contributed by atoms with Gasteiger partial charge in [-0.15, -0.1) is 0 Å². The maximum atomic E-state index is 12.6. The minimum Gasteiger partial charge on any atom is -0.439 e. The number of hydrogen-bond acceptors (Lipinski definition) is 6. The number of benzene rings is 2. The number of amides is 1. The number of hydrogen-bond donors (Lipinski definition) is 2. The summed E-state index contributed by atoms with van der Waals surface area (Å²) in [5, 5.41) is 9.31. The fourth-order valence-electron chi connectivity index (χ4n) is 2.36. The topological polar surface area (TPSA) is 135 Å². The van der Waals surface area contributed by atoms with Gasteiger partial charge in [-0.2, -0.15) is 5.26 Å². The van der Waals surface area contributed by atoms with Crippen molar-refractivity contribution in [3.63, 3.8) is 0 Å². The maximum Gasteiger partial charge on any atom is 0.263 e. The van der Waals surface area contributed by atoms with Gasteiger partial charge in [-0.1, -0.05) is 17.7 Å². The lowest BCUT2D eigenvalue weighted by molar-refractivity contribution is 0.1000. The molecule has 0 aliphatic rings. The predicted molar refractivity (Wildman–Crippen MR) is 106 cm³/mol. The number of ether oxygens (including phenoxy) is 1. The third-order valence-electron chi connectivity index (χ3n) is 3.68. The summed E-state index contributed by atoms with van der Waals surface area (Å²) in [6, 6.07) is 14.9. The Hall–Kier alpha value is -3.61. The van der Waals surface area contributed by atoms with Crippen molar-refractivity contribution in [3.8, 4) is 17.7 Å². The van der Waals surface area contributed by atoms with E-state index in [-0.39, 0.29) is 32.6 Å². The summed E-state index contributed by atoms with van der Waals surface area (Å²) < 4.78 is 33.0. The first-order valence-electron chi connectivity index (χ1n) is 8.05. The van der Waals surface area contributed by atoms with Gasteiger partial charge in [-0.25, -0.2) is 13.4 Å². The molecule has 29 heavy (non-hydrogen) atoms. The molecule has 1 amide bonds. The van der Waals surface area contributed by atoms with Crippen molar-refractivity contribution in [3.05, 3.63) is 76.9 Å². The van der Waals surface area contributed by atoms with Gasteiger partial charge in [-0.3, -0.25) is 9.52 Å². The van der Waals surface area contributed by atoms with Crippen LogP contribution in [0.1, 0.15) is 15.9 Å². The SMILES string of the molecule is N#Cc1ccc(Cl)cc1S(=O)(=O)Nc1ccc(Oc2cccc(C(N)=O)c2)nc1. The van der Waals surface area contributed by atoms with Crippen LogP contribution in [0.4, 0.5) is 5.69 Å². The van der Waals surface area contributed by atoms with E-state index in [1.165, 1.54) is 42.6 Å². The number of carbonyl (C=O) groups is 1. The predicted octanol–water partition coefficient (Wildman–Crippen LogP) is 3.30. The average molecular weight is 429 g/mol. The number of sulfonamides is 1. The molecule has 1 aromatic heterocycles. The monoisotopic (exact) mass is 428 g/mol. The van der Waals surface area contributed by atoms with Gasteiger partial charge < -0.3 is 10.5 Å². The van der Waals surface area contributed by atoms with Crippen LogP contribution in [0.15, 0.2) is 65.7 Å². The standard InChI is InChI=1S/C19H13ClN4O4S/c20-14-5-4-13(10-21)17(9-14)29(26,27)24-15-6-7-18(23-11-15)28-16-3-1-2-12(8-16)19(22)25/h1-9,11,24H,(H2,22,25). The highest BCUT2D eigenvalue weighted by Gasteiger charge is 2.19. The van der Waals surface area contributed by atoms with Gasteiger partial charge in [0.1, 0.15) is 16.7 Å². The highest BCUT2D eigenvalue weighted by atomic mass is 35.5. The van der Waals surface area contributed by atoms with E-state index in [0.29, 0.717) is 5.75 Å². The maximum absolute atomic E-state index is 12.6. The van der Waals surface area contributed by atoms with E-state index >= 15 is 0 Å². The number of anilines is 1. The van der Waals surface area contributed by atoms with E-state index in [9.17, 15) is 13.2 Å². The summed E-state index contributed by atoms with van der Waals surface area (Å²) in [5.41, 5.74) is 5.63. The fourth-order valence-corrected chi connectivity index (χ4v) is 3.82. The number of nitrogens with one attached hydrogen (secondary N) is 1. The van der Waals surface area contributed by atoms with Crippen LogP contribution in [-0.4, -0.2) is 19.3 Å². The molecule has 8 nitrogen and oxygen atoms in total. The lowest BCUT2D eigenvalue weighted by atomic mass is 10.2. The Morgan fingerprint density at radius 2 is 1.97 bits per heavy atom. The molecular weight excluding hydrogens is 416 g/mol. The molecule has 0 radical (unpaired) electrons. The van der Waals surface area contributed by atoms with Crippen molar-refractivity contribution in [1.29, 1.82) is 5.26 Å². The minimum atomic E-state index is -4.05. The van der Waals surface area contributed by atoms with Crippen molar-refractivity contribution in [2.45, 2.75) is 4.90 Å². The van der Waals surface area contributed by atoms with Crippen molar-refractivity contribution in [2.24, 2.45) is 5.73 Å². The minimum absolute atomic E-state index is 0.0378. The first kappa shape index (κ1) is 20.1. The summed E-state index contributed by atoms with van der Waals surface area (Å²) in [5.74, 6) is -0.0688. The zero-order valence-electron chi connectivity index (χ0n) is 14.7. The number of halogens is 1. The summed E-state index contributed by atoms with van der Waals surface area (Å²) in [4.78, 5) is 15.0. The third-order valence-corrected chi connectivity index (χ3v) is 5.34. The third kappa shape index (κ3) is 4.82. The number of nitriles is 1. The zero-order valence-corrected chi connectivity index (χ0v) is 16.2. The second kappa shape index (κ2) is 8.18. The molecule has 1 heterocycles. The molecule has 0 saturated carbocycles. The molecule has 146 valence electrons. The van der Waals surface area contributed by atoms with E-state index in [1.807, 2.05) is 6.07 Å². The molecule has 0 spiro atoms. The number of carbonyl (C=O) groups excluding carboxylic acids is 1. The second-order valence-corrected chi connectivity index (χ2v) is 7.82. The first-order valence-corrected chi connectivity index (χ1v) is 9.91. The van der Waals surface area contributed by atoms with Crippen LogP contribution in [-0.2, 0) is 10.0 Å². The van der Waals surface area contributed by atoms with Gasteiger partial charge in [-0.05, 0) is 42.5 Å². The molecular formula is C19H13ClN4O4S. The fraction of sp³-hybridized carbons (Fsp3) is 0. The summed E-state index contributed by atoms with van der Waals surface area (Å²) in [6.45, 7) is 0. The molecule has 10 heteroatoms. The molecule has 0 saturated heterocycles. The van der Waals surface area contributed by atoms with Crippen LogP contribution in [0.25, 0.3) is 0 Å².